The van der Waals surface area contributed by atoms with Gasteiger partial charge in [-0.05, 0) is 0 Å². The van der Waals surface area contributed by atoms with Gasteiger partial charge in [-0.25, -0.2) is 4.79 Å². The number of rotatable bonds is 4. The molecule has 0 amide bonds. The Balaban J connectivity index is 4.81. The third-order valence-electron chi connectivity index (χ3n) is 1.00. The molecule has 0 bridgehead atoms. The Kier molecular flexibility index (Phi) is 4.68. The van der Waals surface area contributed by atoms with Crippen molar-refractivity contribution in [1.29, 1.82) is 0 Å². The lowest BCUT2D eigenvalue weighted by atomic mass is 10.3. The maximum atomic E-state index is 10.9. The Hall–Kier alpha value is -1.43. The molecule has 72 valence electrons. The topological polar surface area (TPSA) is 77.5 Å². The van der Waals surface area contributed by atoms with Gasteiger partial charge in [0.25, 0.3) is 0 Å². The number of hydrogen-bond donors (Lipinski definition) is 0. The largest absolute Gasteiger partial charge is 0.457 e. The van der Waals surface area contributed by atoms with Crippen molar-refractivity contribution in [2.24, 2.45) is 0 Å². The molecule has 0 aliphatic heterocycles. The second-order valence-electron chi connectivity index (χ2n) is 2.01. The number of ether oxygens (including phenoxy) is 1. The number of carbonyl (C=O) groups excluding carboxylic acids is 2. The van der Waals surface area contributed by atoms with E-state index in [2.05, 4.69) is 11.3 Å². The van der Waals surface area contributed by atoms with Gasteiger partial charge in [0.2, 0.25) is 15.2 Å². The predicted octanol–water partition coefficient (Wildman–Crippen LogP) is -0.644. The summed E-state index contributed by atoms with van der Waals surface area (Å²) in [7, 11) is -2.86. The number of esters is 1. The second kappa shape index (κ2) is 5.26. The Morgan fingerprint density at radius 1 is 1.46 bits per heavy atom. The van der Waals surface area contributed by atoms with Gasteiger partial charge in [0.15, 0.2) is 5.78 Å². The predicted molar refractivity (Wildman–Crippen MR) is 45.8 cm³/mol. The van der Waals surface area contributed by atoms with Crippen molar-refractivity contribution in [2.75, 3.05) is 6.61 Å². The summed E-state index contributed by atoms with van der Waals surface area (Å²) < 4.78 is 25.1. The SMILES string of the molecule is C=CCOC(=O)C(C(C)=O)=S(=O)=O. The molecule has 0 atom stereocenters. The lowest BCUT2D eigenvalue weighted by Gasteiger charge is -1.98. The van der Waals surface area contributed by atoms with Gasteiger partial charge in [0.05, 0.1) is 0 Å². The van der Waals surface area contributed by atoms with Crippen LogP contribution in [0.5, 0.6) is 0 Å². The van der Waals surface area contributed by atoms with Crippen LogP contribution in [-0.2, 0) is 24.6 Å². The molecule has 0 fully saturated rings. The normalized spacial score (nSPS) is 8.69. The first kappa shape index (κ1) is 11.6. The Morgan fingerprint density at radius 3 is 2.31 bits per heavy atom. The average Bonchev–Trinajstić information content (AvgIpc) is 1.99. The van der Waals surface area contributed by atoms with Gasteiger partial charge in [-0.2, -0.15) is 8.42 Å². The summed E-state index contributed by atoms with van der Waals surface area (Å²) in [6, 6.07) is 0. The molecule has 5 nitrogen and oxygen atoms in total. The molecule has 0 unspecified atom stereocenters. The molecule has 0 saturated heterocycles. The standard InChI is InChI=1S/C7H8O5S/c1-3-4-12-7(9)6(5(2)8)13(10)11/h3H,1,4H2,2H3. The minimum atomic E-state index is -2.86. The zero-order chi connectivity index (χ0) is 10.4. The van der Waals surface area contributed by atoms with Crippen molar-refractivity contribution in [3.8, 4) is 0 Å². The van der Waals surface area contributed by atoms with E-state index in [1.165, 1.54) is 6.08 Å². The molecule has 0 heterocycles. The molecule has 13 heavy (non-hydrogen) atoms. The lowest BCUT2D eigenvalue weighted by molar-refractivity contribution is -0.134. The van der Waals surface area contributed by atoms with Crippen LogP contribution < -0.4 is 0 Å². The zero-order valence-electron chi connectivity index (χ0n) is 6.94. The van der Waals surface area contributed by atoms with Gasteiger partial charge in [-0.3, -0.25) is 4.79 Å². The highest BCUT2D eigenvalue weighted by Crippen LogP contribution is 1.85. The summed E-state index contributed by atoms with van der Waals surface area (Å²) in [6.07, 6.45) is 1.27. The molecule has 0 aromatic rings. The van der Waals surface area contributed by atoms with E-state index in [9.17, 15) is 18.0 Å². The lowest BCUT2D eigenvalue weighted by Crippen LogP contribution is -2.25. The van der Waals surface area contributed by atoms with Crippen LogP contribution in [0.15, 0.2) is 12.7 Å². The summed E-state index contributed by atoms with van der Waals surface area (Å²) in [6.45, 7) is 4.10. The van der Waals surface area contributed by atoms with Gasteiger partial charge >= 0.3 is 5.97 Å². The highest BCUT2D eigenvalue weighted by molar-refractivity contribution is 7.76. The number of carbonyl (C=O) groups is 2. The first-order chi connectivity index (χ1) is 6.00. The highest BCUT2D eigenvalue weighted by atomic mass is 32.2. The van der Waals surface area contributed by atoms with Crippen molar-refractivity contribution in [1.82, 2.24) is 0 Å². The maximum absolute atomic E-state index is 10.9. The van der Waals surface area contributed by atoms with Crippen molar-refractivity contribution >= 4 is 26.9 Å². The molecule has 0 aromatic heterocycles. The van der Waals surface area contributed by atoms with E-state index in [0.29, 0.717) is 0 Å². The van der Waals surface area contributed by atoms with Crippen LogP contribution in [0.2, 0.25) is 0 Å². The third kappa shape index (κ3) is 3.66. The summed E-state index contributed by atoms with van der Waals surface area (Å²) in [5.41, 5.74) is 0. The van der Waals surface area contributed by atoms with E-state index >= 15 is 0 Å². The average molecular weight is 204 g/mol. The van der Waals surface area contributed by atoms with Crippen molar-refractivity contribution < 1.29 is 22.7 Å². The van der Waals surface area contributed by atoms with Crippen LogP contribution in [0.3, 0.4) is 0 Å². The van der Waals surface area contributed by atoms with Crippen LogP contribution in [0.25, 0.3) is 0 Å². The van der Waals surface area contributed by atoms with E-state index in [-0.39, 0.29) is 6.61 Å². The Morgan fingerprint density at radius 2 is 2.00 bits per heavy atom. The molecule has 0 saturated carbocycles. The van der Waals surface area contributed by atoms with E-state index in [1.807, 2.05) is 0 Å². The molecular weight excluding hydrogens is 196 g/mol. The van der Waals surface area contributed by atoms with Gasteiger partial charge in [-0.15, -0.1) is 0 Å². The number of hydrogen-bond acceptors (Lipinski definition) is 5. The van der Waals surface area contributed by atoms with Crippen molar-refractivity contribution in [2.45, 2.75) is 6.92 Å². The fourth-order valence-corrected chi connectivity index (χ4v) is 0.959. The van der Waals surface area contributed by atoms with Gasteiger partial charge in [-0.1, -0.05) is 12.7 Å². The van der Waals surface area contributed by atoms with Crippen LogP contribution in [0.4, 0.5) is 0 Å². The molecule has 0 N–H and O–H groups in total. The van der Waals surface area contributed by atoms with E-state index in [4.69, 9.17) is 0 Å². The van der Waals surface area contributed by atoms with Gasteiger partial charge in [0, 0.05) is 6.92 Å². The van der Waals surface area contributed by atoms with Crippen LogP contribution in [0.1, 0.15) is 6.92 Å². The summed E-state index contributed by atoms with van der Waals surface area (Å²) in [5.74, 6) is -2.00. The second-order valence-corrected chi connectivity index (χ2v) is 2.88. The fraction of sp³-hybridized carbons (Fsp3) is 0.286. The molecule has 6 heteroatoms. The first-order valence-corrected chi connectivity index (χ1v) is 4.33. The quantitative estimate of drug-likeness (QED) is 0.263. The zero-order valence-corrected chi connectivity index (χ0v) is 7.76. The molecule has 0 aliphatic rings. The van der Waals surface area contributed by atoms with E-state index in [0.717, 1.165) is 6.92 Å². The van der Waals surface area contributed by atoms with Gasteiger partial charge in [0.1, 0.15) is 6.61 Å². The summed E-state index contributed by atoms with van der Waals surface area (Å²) >= 11 is 0. The Bertz CT molecular complexity index is 354. The van der Waals surface area contributed by atoms with Crippen LogP contribution in [-0.4, -0.2) is 31.6 Å². The van der Waals surface area contributed by atoms with E-state index in [1.54, 1.807) is 0 Å². The van der Waals surface area contributed by atoms with Crippen LogP contribution >= 0.6 is 0 Å². The highest BCUT2D eigenvalue weighted by Gasteiger charge is 2.19. The van der Waals surface area contributed by atoms with Gasteiger partial charge < -0.3 is 4.74 Å². The minimum Gasteiger partial charge on any atom is -0.457 e. The summed E-state index contributed by atoms with van der Waals surface area (Å²) in [4.78, 5) is 20.6. The minimum absolute atomic E-state index is 0.132. The molecule has 0 radical (unpaired) electrons. The molecule has 0 rings (SSSR count). The molecule has 0 spiro atoms. The maximum Gasteiger partial charge on any atom is 0.357 e. The Labute approximate surface area is 76.5 Å². The third-order valence-corrected chi connectivity index (χ3v) is 1.79. The monoisotopic (exact) mass is 204 g/mol. The van der Waals surface area contributed by atoms with Crippen LogP contribution in [0, 0.1) is 0 Å². The fourth-order valence-electron chi connectivity index (χ4n) is 0.529. The summed E-state index contributed by atoms with van der Waals surface area (Å²) in [5, 5.41) is 0. The van der Waals surface area contributed by atoms with Crippen molar-refractivity contribution in [3.63, 3.8) is 0 Å². The smallest absolute Gasteiger partial charge is 0.357 e. The number of ketones is 1. The molecular formula is C7H8O5S. The first-order valence-electron chi connectivity index (χ1n) is 3.26. The van der Waals surface area contributed by atoms with Crippen molar-refractivity contribution in [3.05, 3.63) is 12.7 Å². The molecule has 0 aliphatic carbocycles. The van der Waals surface area contributed by atoms with E-state index < -0.39 is 26.9 Å². The number of Topliss-reactive ketones (excluding diaryl/α,β-unsaturated/α-hetero) is 1. The molecule has 0 aromatic carbocycles.